The summed E-state index contributed by atoms with van der Waals surface area (Å²) in [5.41, 5.74) is 0.625. The van der Waals surface area contributed by atoms with Gasteiger partial charge >= 0.3 is 5.97 Å². The molecule has 2 aromatic carbocycles. The Morgan fingerprint density at radius 3 is 2.70 bits per heavy atom. The second kappa shape index (κ2) is 6.82. The van der Waals surface area contributed by atoms with Crippen LogP contribution in [0.5, 0.6) is 0 Å². The maximum absolute atomic E-state index is 12.9. The van der Waals surface area contributed by atoms with Crippen LogP contribution in [0, 0.1) is 0 Å². The molecular formula is C19H21NO3. The minimum absolute atomic E-state index is 0.0893. The Hall–Kier alpha value is -2.36. The van der Waals surface area contributed by atoms with E-state index in [1.165, 1.54) is 0 Å². The zero-order chi connectivity index (χ0) is 16.2. The van der Waals surface area contributed by atoms with Crippen molar-refractivity contribution in [2.24, 2.45) is 0 Å². The molecule has 1 aliphatic heterocycles. The number of hydrogen-bond acceptors (Lipinski definition) is 3. The molecule has 0 saturated carbocycles. The minimum Gasteiger partial charge on any atom is -0.464 e. The highest BCUT2D eigenvalue weighted by Crippen LogP contribution is 2.23. The standard InChI is InChI=1S/C19H21NO3/c1-2-23-19(22)17-9-5-6-12-20(17)18(21)16-11-10-14-7-3-4-8-15(14)13-16/h3-4,7-8,10-11,13,17H,2,5-6,9,12H2,1H3. The number of fused-ring (bicyclic) bond motifs is 1. The number of carbonyl (C=O) groups excluding carboxylic acids is 2. The Balaban J connectivity index is 1.87. The number of rotatable bonds is 3. The van der Waals surface area contributed by atoms with Crippen molar-refractivity contribution in [1.29, 1.82) is 0 Å². The molecule has 0 N–H and O–H groups in total. The van der Waals surface area contributed by atoms with Crippen LogP contribution in [0.15, 0.2) is 42.5 Å². The molecule has 1 saturated heterocycles. The van der Waals surface area contributed by atoms with Gasteiger partial charge in [0.05, 0.1) is 6.61 Å². The van der Waals surface area contributed by atoms with Crippen LogP contribution < -0.4 is 0 Å². The van der Waals surface area contributed by atoms with Gasteiger partial charge in [0.15, 0.2) is 0 Å². The first kappa shape index (κ1) is 15.5. The first-order valence-electron chi connectivity index (χ1n) is 8.17. The number of amides is 1. The molecule has 1 unspecified atom stereocenters. The van der Waals surface area contributed by atoms with Crippen LogP contribution in [0.4, 0.5) is 0 Å². The summed E-state index contributed by atoms with van der Waals surface area (Å²) in [4.78, 5) is 26.7. The molecule has 120 valence electrons. The third kappa shape index (κ3) is 3.21. The summed E-state index contributed by atoms with van der Waals surface area (Å²) < 4.78 is 5.14. The zero-order valence-electron chi connectivity index (χ0n) is 13.3. The topological polar surface area (TPSA) is 46.6 Å². The van der Waals surface area contributed by atoms with Gasteiger partial charge in [-0.2, -0.15) is 0 Å². The summed E-state index contributed by atoms with van der Waals surface area (Å²) in [6.45, 7) is 2.73. The van der Waals surface area contributed by atoms with Crippen LogP contribution in [0.3, 0.4) is 0 Å². The summed E-state index contributed by atoms with van der Waals surface area (Å²) >= 11 is 0. The van der Waals surface area contributed by atoms with Gasteiger partial charge in [-0.1, -0.05) is 30.3 Å². The fourth-order valence-electron chi connectivity index (χ4n) is 3.15. The molecule has 4 heteroatoms. The lowest BCUT2D eigenvalue weighted by molar-refractivity contribution is -0.149. The van der Waals surface area contributed by atoms with Crippen molar-refractivity contribution in [3.8, 4) is 0 Å². The number of benzene rings is 2. The fraction of sp³-hybridized carbons (Fsp3) is 0.368. The zero-order valence-corrected chi connectivity index (χ0v) is 13.3. The van der Waals surface area contributed by atoms with Crippen molar-refractivity contribution in [3.05, 3.63) is 48.0 Å². The molecule has 0 aromatic heterocycles. The number of likely N-dealkylation sites (tertiary alicyclic amines) is 1. The summed E-state index contributed by atoms with van der Waals surface area (Å²) in [5.74, 6) is -0.380. The van der Waals surface area contributed by atoms with Crippen molar-refractivity contribution in [2.45, 2.75) is 32.2 Å². The largest absolute Gasteiger partial charge is 0.464 e. The normalized spacial score (nSPS) is 18.0. The Morgan fingerprint density at radius 1 is 1.13 bits per heavy atom. The van der Waals surface area contributed by atoms with Crippen molar-refractivity contribution < 1.29 is 14.3 Å². The van der Waals surface area contributed by atoms with Crippen LogP contribution in [0.1, 0.15) is 36.5 Å². The van der Waals surface area contributed by atoms with Crippen LogP contribution in [-0.4, -0.2) is 36.0 Å². The van der Waals surface area contributed by atoms with E-state index in [1.54, 1.807) is 11.8 Å². The summed E-state index contributed by atoms with van der Waals surface area (Å²) in [6.07, 6.45) is 2.55. The van der Waals surface area contributed by atoms with Crippen LogP contribution in [0.25, 0.3) is 10.8 Å². The summed E-state index contributed by atoms with van der Waals surface area (Å²) in [5, 5.41) is 2.13. The number of nitrogens with zero attached hydrogens (tertiary/aromatic N) is 1. The molecule has 0 bridgehead atoms. The van der Waals surface area contributed by atoms with Gasteiger partial charge in [-0.15, -0.1) is 0 Å². The van der Waals surface area contributed by atoms with E-state index in [4.69, 9.17) is 4.74 Å². The van der Waals surface area contributed by atoms with Crippen LogP contribution in [-0.2, 0) is 9.53 Å². The third-order valence-corrected chi connectivity index (χ3v) is 4.32. The predicted octanol–water partition coefficient (Wildman–Crippen LogP) is 3.40. The molecule has 4 nitrogen and oxygen atoms in total. The van der Waals surface area contributed by atoms with E-state index in [9.17, 15) is 9.59 Å². The molecule has 0 aliphatic carbocycles. The molecule has 0 spiro atoms. The van der Waals surface area contributed by atoms with E-state index in [0.717, 1.165) is 23.6 Å². The Kier molecular flexibility index (Phi) is 4.60. The maximum Gasteiger partial charge on any atom is 0.328 e. The first-order chi connectivity index (χ1) is 11.2. The highest BCUT2D eigenvalue weighted by Gasteiger charge is 2.33. The highest BCUT2D eigenvalue weighted by molar-refractivity contribution is 6.00. The van der Waals surface area contributed by atoms with Crippen molar-refractivity contribution >= 4 is 22.6 Å². The van der Waals surface area contributed by atoms with E-state index >= 15 is 0 Å². The average molecular weight is 311 g/mol. The second-order valence-corrected chi connectivity index (χ2v) is 5.82. The molecule has 1 aliphatic rings. The van der Waals surface area contributed by atoms with Gasteiger partial charge in [0, 0.05) is 12.1 Å². The molecule has 23 heavy (non-hydrogen) atoms. The van der Waals surface area contributed by atoms with Gasteiger partial charge in [0.1, 0.15) is 6.04 Å². The number of carbonyl (C=O) groups is 2. The number of hydrogen-bond donors (Lipinski definition) is 0. The summed E-state index contributed by atoms with van der Waals surface area (Å²) in [6, 6.07) is 13.2. The Labute approximate surface area is 136 Å². The molecule has 1 fully saturated rings. The van der Waals surface area contributed by atoms with Gasteiger partial charge in [0.2, 0.25) is 0 Å². The molecule has 1 amide bonds. The highest BCUT2D eigenvalue weighted by atomic mass is 16.5. The minimum atomic E-state index is -0.456. The molecule has 1 heterocycles. The quantitative estimate of drug-likeness (QED) is 0.816. The van der Waals surface area contributed by atoms with Gasteiger partial charge in [-0.25, -0.2) is 4.79 Å². The Bertz CT molecular complexity index is 725. The monoisotopic (exact) mass is 311 g/mol. The molecule has 2 aromatic rings. The lowest BCUT2D eigenvalue weighted by Gasteiger charge is -2.34. The smallest absolute Gasteiger partial charge is 0.328 e. The van der Waals surface area contributed by atoms with Gasteiger partial charge in [0.25, 0.3) is 5.91 Å². The summed E-state index contributed by atoms with van der Waals surface area (Å²) in [7, 11) is 0. The lowest BCUT2D eigenvalue weighted by atomic mass is 10.00. The second-order valence-electron chi connectivity index (χ2n) is 5.82. The van der Waals surface area contributed by atoms with E-state index in [2.05, 4.69) is 0 Å². The Morgan fingerprint density at radius 2 is 1.91 bits per heavy atom. The molecular weight excluding hydrogens is 290 g/mol. The van der Waals surface area contributed by atoms with Gasteiger partial charge in [-0.05, 0) is 49.1 Å². The van der Waals surface area contributed by atoms with Crippen molar-refractivity contribution in [2.75, 3.05) is 13.2 Å². The van der Waals surface area contributed by atoms with Gasteiger partial charge < -0.3 is 9.64 Å². The third-order valence-electron chi connectivity index (χ3n) is 4.32. The fourth-order valence-corrected chi connectivity index (χ4v) is 3.15. The maximum atomic E-state index is 12.9. The lowest BCUT2D eigenvalue weighted by Crippen LogP contribution is -2.48. The van der Waals surface area contributed by atoms with E-state index in [0.29, 0.717) is 25.1 Å². The first-order valence-corrected chi connectivity index (χ1v) is 8.17. The van der Waals surface area contributed by atoms with Crippen molar-refractivity contribution in [1.82, 2.24) is 4.90 Å². The number of esters is 1. The van der Waals surface area contributed by atoms with E-state index in [-0.39, 0.29) is 11.9 Å². The molecule has 3 rings (SSSR count). The van der Waals surface area contributed by atoms with Gasteiger partial charge in [-0.3, -0.25) is 4.79 Å². The molecule has 0 radical (unpaired) electrons. The predicted molar refractivity (Wildman–Crippen MR) is 89.3 cm³/mol. The van der Waals surface area contributed by atoms with E-state index < -0.39 is 6.04 Å². The SMILES string of the molecule is CCOC(=O)C1CCCCN1C(=O)c1ccc2ccccc2c1. The number of piperidine rings is 1. The average Bonchev–Trinajstić information content (AvgIpc) is 2.61. The van der Waals surface area contributed by atoms with E-state index in [1.807, 2.05) is 42.5 Å². The van der Waals surface area contributed by atoms with Crippen LogP contribution >= 0.6 is 0 Å². The number of ether oxygens (including phenoxy) is 1. The van der Waals surface area contributed by atoms with Crippen molar-refractivity contribution in [3.63, 3.8) is 0 Å². The molecule has 1 atom stereocenters. The van der Waals surface area contributed by atoms with Crippen LogP contribution in [0.2, 0.25) is 0 Å².